The average Bonchev–Trinajstić information content (AvgIpc) is 2.40. The minimum Gasteiger partial charge on any atom is -0.145 e. The van der Waals surface area contributed by atoms with Gasteiger partial charge in [-0.1, -0.05) is 27.2 Å². The van der Waals surface area contributed by atoms with Crippen LogP contribution in [0, 0.1) is 0 Å². The first-order valence-electron chi connectivity index (χ1n) is 6.37. The fraction of sp³-hybridized carbons (Fsp3) is 0.714. The largest absolute Gasteiger partial charge is 0.145 e. The summed E-state index contributed by atoms with van der Waals surface area (Å²) in [6, 6.07) is 0. The monoisotopic (exact) mass is 222 g/mol. The Balaban J connectivity index is 2.43. The molecule has 84 valence electrons. The van der Waals surface area contributed by atoms with E-state index in [0.717, 1.165) is 5.92 Å². The summed E-state index contributed by atoms with van der Waals surface area (Å²) >= 11 is 2.11. The van der Waals surface area contributed by atoms with Crippen molar-refractivity contribution in [1.29, 1.82) is 0 Å². The zero-order chi connectivity index (χ0) is 10.8. The summed E-state index contributed by atoms with van der Waals surface area (Å²) in [5.74, 6) is 0.719. The van der Waals surface area contributed by atoms with Gasteiger partial charge < -0.3 is 0 Å². The number of thiophene rings is 1. The van der Waals surface area contributed by atoms with E-state index in [0.29, 0.717) is 0 Å². The van der Waals surface area contributed by atoms with E-state index < -0.39 is 0 Å². The molecule has 0 nitrogen and oxygen atoms in total. The molecule has 1 aliphatic rings. The topological polar surface area (TPSA) is 0 Å². The van der Waals surface area contributed by atoms with Crippen LogP contribution in [-0.4, -0.2) is 0 Å². The Hall–Kier alpha value is -0.300. The number of fused-ring (bicyclic) bond motifs is 1. The van der Waals surface area contributed by atoms with Crippen molar-refractivity contribution in [2.75, 3.05) is 0 Å². The summed E-state index contributed by atoms with van der Waals surface area (Å²) in [7, 11) is 0. The molecule has 0 amide bonds. The highest BCUT2D eigenvalue weighted by Gasteiger charge is 2.19. The van der Waals surface area contributed by atoms with Gasteiger partial charge in [0.2, 0.25) is 0 Å². The number of hydrogen-bond acceptors (Lipinski definition) is 1. The van der Waals surface area contributed by atoms with E-state index in [1.165, 1.54) is 38.5 Å². The molecule has 0 aromatic carbocycles. The second-order valence-corrected chi connectivity index (χ2v) is 6.05. The van der Waals surface area contributed by atoms with Crippen molar-refractivity contribution < 1.29 is 0 Å². The molecule has 0 unspecified atom stereocenters. The Morgan fingerprint density at radius 3 is 2.53 bits per heavy atom. The highest BCUT2D eigenvalue weighted by Crippen LogP contribution is 2.37. The zero-order valence-electron chi connectivity index (χ0n) is 10.2. The fourth-order valence-corrected chi connectivity index (χ4v) is 4.17. The van der Waals surface area contributed by atoms with Crippen molar-refractivity contribution in [3.8, 4) is 0 Å². The van der Waals surface area contributed by atoms with E-state index in [4.69, 9.17) is 0 Å². The quantitative estimate of drug-likeness (QED) is 0.636. The molecule has 0 bridgehead atoms. The third-order valence-corrected chi connectivity index (χ3v) is 5.07. The smallest absolute Gasteiger partial charge is 0.0108 e. The maximum Gasteiger partial charge on any atom is 0.0108 e. The summed E-state index contributed by atoms with van der Waals surface area (Å²) in [5, 5.41) is 0. The first-order valence-corrected chi connectivity index (χ1v) is 7.19. The Morgan fingerprint density at radius 2 is 1.87 bits per heavy atom. The summed E-state index contributed by atoms with van der Waals surface area (Å²) < 4.78 is 0. The van der Waals surface area contributed by atoms with Crippen LogP contribution >= 0.6 is 11.3 Å². The van der Waals surface area contributed by atoms with E-state index in [1.807, 2.05) is 0 Å². The van der Waals surface area contributed by atoms with Crippen molar-refractivity contribution in [3.05, 3.63) is 20.9 Å². The fourth-order valence-electron chi connectivity index (χ4n) is 2.68. The van der Waals surface area contributed by atoms with Gasteiger partial charge >= 0.3 is 0 Å². The van der Waals surface area contributed by atoms with Crippen LogP contribution in [0.5, 0.6) is 0 Å². The Bertz CT molecular complexity index is 333. The molecule has 0 aliphatic heterocycles. The molecule has 0 fully saturated rings. The van der Waals surface area contributed by atoms with Gasteiger partial charge in [0.25, 0.3) is 0 Å². The predicted molar refractivity (Wildman–Crippen MR) is 69.0 cm³/mol. The van der Waals surface area contributed by atoms with Crippen molar-refractivity contribution in [2.24, 2.45) is 0 Å². The van der Waals surface area contributed by atoms with Crippen LogP contribution < -0.4 is 0 Å². The van der Waals surface area contributed by atoms with E-state index in [-0.39, 0.29) is 0 Å². The van der Waals surface area contributed by atoms with Gasteiger partial charge in [-0.3, -0.25) is 0 Å². The summed E-state index contributed by atoms with van der Waals surface area (Å²) in [6.07, 6.45) is 8.19. The van der Waals surface area contributed by atoms with Gasteiger partial charge in [0.1, 0.15) is 0 Å². The first-order chi connectivity index (χ1) is 7.24. The lowest BCUT2D eigenvalue weighted by Gasteiger charge is -2.07. The van der Waals surface area contributed by atoms with Gasteiger partial charge in [0.05, 0.1) is 0 Å². The molecular formula is C14H22S. The molecule has 15 heavy (non-hydrogen) atoms. The molecule has 0 spiro atoms. The van der Waals surface area contributed by atoms with Crippen LogP contribution in [0.2, 0.25) is 0 Å². The van der Waals surface area contributed by atoms with Gasteiger partial charge in [-0.05, 0) is 49.1 Å². The molecule has 0 saturated heterocycles. The molecule has 1 aliphatic carbocycles. The minimum atomic E-state index is 0.719. The standard InChI is InChI=1S/C14H22S/c1-4-11-12-8-6-5-7-9-13(12)15-14(11)10(2)3/h10H,4-9H2,1-3H3. The normalized spacial score (nSPS) is 16.5. The maximum absolute atomic E-state index is 2.34. The summed E-state index contributed by atoms with van der Waals surface area (Å²) in [4.78, 5) is 3.39. The zero-order valence-corrected chi connectivity index (χ0v) is 11.0. The van der Waals surface area contributed by atoms with Crippen molar-refractivity contribution in [1.82, 2.24) is 0 Å². The molecule has 1 heteroatoms. The summed E-state index contributed by atoms with van der Waals surface area (Å²) in [5.41, 5.74) is 3.44. The lowest BCUT2D eigenvalue weighted by atomic mass is 9.98. The van der Waals surface area contributed by atoms with Gasteiger partial charge in [0, 0.05) is 9.75 Å². The Labute approximate surface area is 97.7 Å². The Morgan fingerprint density at radius 1 is 1.13 bits per heavy atom. The molecule has 0 saturated carbocycles. The van der Waals surface area contributed by atoms with Crippen LogP contribution in [0.3, 0.4) is 0 Å². The highest BCUT2D eigenvalue weighted by atomic mass is 32.1. The predicted octanol–water partition coefficient (Wildman–Crippen LogP) is 4.70. The van der Waals surface area contributed by atoms with E-state index in [1.54, 1.807) is 20.9 Å². The molecule has 0 N–H and O–H groups in total. The molecule has 0 atom stereocenters. The number of aryl methyl sites for hydroxylation is 1. The van der Waals surface area contributed by atoms with Crippen LogP contribution in [-0.2, 0) is 19.3 Å². The van der Waals surface area contributed by atoms with Crippen molar-refractivity contribution >= 4 is 11.3 Å². The van der Waals surface area contributed by atoms with Crippen LogP contribution in [0.1, 0.15) is 66.8 Å². The van der Waals surface area contributed by atoms with E-state index in [2.05, 4.69) is 32.1 Å². The third kappa shape index (κ3) is 2.13. The van der Waals surface area contributed by atoms with Crippen molar-refractivity contribution in [2.45, 2.75) is 65.2 Å². The highest BCUT2D eigenvalue weighted by molar-refractivity contribution is 7.12. The molecule has 0 radical (unpaired) electrons. The van der Waals surface area contributed by atoms with Gasteiger partial charge in [-0.25, -0.2) is 0 Å². The molecule has 1 heterocycles. The van der Waals surface area contributed by atoms with Crippen molar-refractivity contribution in [3.63, 3.8) is 0 Å². The Kier molecular flexibility index (Phi) is 3.50. The van der Waals surface area contributed by atoms with Gasteiger partial charge in [-0.2, -0.15) is 0 Å². The molecule has 1 aromatic heterocycles. The molecule has 1 aromatic rings. The van der Waals surface area contributed by atoms with Crippen LogP contribution in [0.4, 0.5) is 0 Å². The number of rotatable bonds is 2. The maximum atomic E-state index is 2.34. The second kappa shape index (κ2) is 4.69. The van der Waals surface area contributed by atoms with E-state index in [9.17, 15) is 0 Å². The number of hydrogen-bond donors (Lipinski definition) is 0. The molecular weight excluding hydrogens is 200 g/mol. The van der Waals surface area contributed by atoms with Gasteiger partial charge in [-0.15, -0.1) is 11.3 Å². The SMILES string of the molecule is CCc1c(C(C)C)sc2c1CCCCC2. The van der Waals surface area contributed by atoms with Crippen LogP contribution in [0.25, 0.3) is 0 Å². The summed E-state index contributed by atoms with van der Waals surface area (Å²) in [6.45, 7) is 6.99. The average molecular weight is 222 g/mol. The third-order valence-electron chi connectivity index (χ3n) is 3.44. The minimum absolute atomic E-state index is 0.719. The molecule has 2 rings (SSSR count). The second-order valence-electron chi connectivity index (χ2n) is 4.92. The lowest BCUT2D eigenvalue weighted by Crippen LogP contribution is -1.94. The van der Waals surface area contributed by atoms with E-state index >= 15 is 0 Å². The lowest BCUT2D eigenvalue weighted by molar-refractivity contribution is 0.710. The van der Waals surface area contributed by atoms with Gasteiger partial charge in [0.15, 0.2) is 0 Å². The first kappa shape index (κ1) is 11.2. The van der Waals surface area contributed by atoms with Crippen LogP contribution in [0.15, 0.2) is 0 Å².